The third-order valence-corrected chi connectivity index (χ3v) is 4.13. The molecule has 4 N–H and O–H groups in total. The molecule has 1 amide bonds. The second kappa shape index (κ2) is 5.23. The molecule has 0 bridgehead atoms. The van der Waals surface area contributed by atoms with Gasteiger partial charge in [0.15, 0.2) is 0 Å². The number of aryl methyl sites for hydroxylation is 1. The maximum absolute atomic E-state index is 12.2. The molecule has 0 fully saturated rings. The quantitative estimate of drug-likeness (QED) is 0.584. The molecule has 0 atom stereocenters. The maximum atomic E-state index is 12.2. The summed E-state index contributed by atoms with van der Waals surface area (Å²) in [5.74, 6) is -0.487. The number of benzene rings is 1. The number of amides is 1. The summed E-state index contributed by atoms with van der Waals surface area (Å²) in [5.41, 5.74) is 7.48. The molecule has 2 aromatic rings. The third-order valence-electron chi connectivity index (χ3n) is 3.01. The number of hydrogen-bond donors (Lipinski definition) is 3. The van der Waals surface area contributed by atoms with Crippen LogP contribution in [0.15, 0.2) is 18.2 Å². The first-order valence-electron chi connectivity index (χ1n) is 5.84. The zero-order valence-electron chi connectivity index (χ0n) is 11.0. The zero-order chi connectivity index (χ0) is 14.9. The Kier molecular flexibility index (Phi) is 3.63. The number of nitrogens with one attached hydrogen (secondary N) is 1. The molecule has 1 heterocycles. The van der Waals surface area contributed by atoms with Crippen LogP contribution < -0.4 is 11.1 Å². The van der Waals surface area contributed by atoms with Crippen molar-refractivity contribution in [2.75, 3.05) is 11.1 Å². The third kappa shape index (κ3) is 2.44. The van der Waals surface area contributed by atoms with E-state index in [-0.39, 0.29) is 17.0 Å². The molecule has 1 aromatic heterocycles. The second-order valence-corrected chi connectivity index (χ2v) is 5.55. The highest BCUT2D eigenvalue weighted by Gasteiger charge is 2.17. The van der Waals surface area contributed by atoms with E-state index in [1.807, 2.05) is 13.8 Å². The Morgan fingerprint density at radius 3 is 2.80 bits per heavy atom. The summed E-state index contributed by atoms with van der Waals surface area (Å²) in [4.78, 5) is 13.1. The molecule has 2 rings (SSSR count). The van der Waals surface area contributed by atoms with Crippen LogP contribution in [0.3, 0.4) is 0 Å². The number of nitriles is 1. The lowest BCUT2D eigenvalue weighted by Gasteiger charge is -2.06. The second-order valence-electron chi connectivity index (χ2n) is 4.32. The van der Waals surface area contributed by atoms with E-state index in [4.69, 9.17) is 11.0 Å². The smallest absolute Gasteiger partial charge is 0.258 e. The summed E-state index contributed by atoms with van der Waals surface area (Å²) >= 11 is 1.34. The topological polar surface area (TPSA) is 99.1 Å². The minimum Gasteiger partial charge on any atom is -0.508 e. The molecule has 102 valence electrons. The van der Waals surface area contributed by atoms with Crippen molar-refractivity contribution >= 4 is 27.9 Å². The molecule has 0 unspecified atom stereocenters. The van der Waals surface area contributed by atoms with Gasteiger partial charge in [-0.05, 0) is 37.6 Å². The van der Waals surface area contributed by atoms with Crippen LogP contribution in [-0.4, -0.2) is 11.0 Å². The van der Waals surface area contributed by atoms with Gasteiger partial charge in [0.2, 0.25) is 0 Å². The van der Waals surface area contributed by atoms with E-state index in [1.165, 1.54) is 29.5 Å². The van der Waals surface area contributed by atoms with Crippen LogP contribution in [0.4, 0.5) is 10.7 Å². The van der Waals surface area contributed by atoms with Gasteiger partial charge in [-0.3, -0.25) is 4.79 Å². The molecule has 0 aliphatic carbocycles. The number of phenols is 1. The lowest BCUT2D eigenvalue weighted by Crippen LogP contribution is -2.13. The minimum absolute atomic E-state index is 0.0385. The van der Waals surface area contributed by atoms with Gasteiger partial charge in [-0.2, -0.15) is 5.26 Å². The van der Waals surface area contributed by atoms with Crippen molar-refractivity contribution in [3.05, 3.63) is 39.8 Å². The van der Waals surface area contributed by atoms with Crippen LogP contribution in [0.25, 0.3) is 0 Å². The number of rotatable bonds is 2. The number of hydrogen-bond acceptors (Lipinski definition) is 5. The largest absolute Gasteiger partial charge is 0.508 e. The van der Waals surface area contributed by atoms with Gasteiger partial charge >= 0.3 is 0 Å². The Labute approximate surface area is 120 Å². The van der Waals surface area contributed by atoms with Crippen molar-refractivity contribution in [2.24, 2.45) is 0 Å². The van der Waals surface area contributed by atoms with Gasteiger partial charge in [0.05, 0.1) is 11.1 Å². The van der Waals surface area contributed by atoms with Crippen LogP contribution >= 0.6 is 11.3 Å². The van der Waals surface area contributed by atoms with Crippen molar-refractivity contribution in [2.45, 2.75) is 13.8 Å². The van der Waals surface area contributed by atoms with Gasteiger partial charge < -0.3 is 16.2 Å². The highest BCUT2D eigenvalue weighted by Crippen LogP contribution is 2.32. The molecule has 0 spiro atoms. The molecule has 0 aliphatic rings. The monoisotopic (exact) mass is 287 g/mol. The number of nitrogen functional groups attached to an aromatic ring is 1. The van der Waals surface area contributed by atoms with Crippen molar-refractivity contribution in [3.8, 4) is 11.8 Å². The zero-order valence-corrected chi connectivity index (χ0v) is 11.8. The molecule has 5 nitrogen and oxygen atoms in total. The van der Waals surface area contributed by atoms with Gasteiger partial charge in [0, 0.05) is 10.6 Å². The van der Waals surface area contributed by atoms with E-state index < -0.39 is 5.91 Å². The van der Waals surface area contributed by atoms with E-state index in [9.17, 15) is 9.90 Å². The van der Waals surface area contributed by atoms with Gasteiger partial charge in [-0.15, -0.1) is 11.3 Å². The van der Waals surface area contributed by atoms with Crippen LogP contribution in [-0.2, 0) is 0 Å². The Balaban J connectivity index is 2.36. The number of nitrogens with two attached hydrogens (primary N) is 1. The van der Waals surface area contributed by atoms with E-state index >= 15 is 0 Å². The summed E-state index contributed by atoms with van der Waals surface area (Å²) in [7, 11) is 0. The Morgan fingerprint density at radius 2 is 2.15 bits per heavy atom. The summed E-state index contributed by atoms with van der Waals surface area (Å²) in [6.45, 7) is 3.72. The molecule has 0 aliphatic heterocycles. The maximum Gasteiger partial charge on any atom is 0.258 e. The van der Waals surface area contributed by atoms with E-state index in [0.29, 0.717) is 10.6 Å². The Hall–Kier alpha value is -2.52. The fourth-order valence-corrected chi connectivity index (χ4v) is 2.77. The first kappa shape index (κ1) is 13.9. The summed E-state index contributed by atoms with van der Waals surface area (Å²) < 4.78 is 0. The molecular weight excluding hydrogens is 274 g/mol. The summed E-state index contributed by atoms with van der Waals surface area (Å²) in [6.07, 6.45) is 0. The number of anilines is 2. The van der Waals surface area contributed by atoms with Gasteiger partial charge in [0.1, 0.15) is 16.8 Å². The lowest BCUT2D eigenvalue weighted by atomic mass is 10.1. The van der Waals surface area contributed by atoms with Crippen molar-refractivity contribution in [1.29, 1.82) is 5.26 Å². The molecule has 0 saturated carbocycles. The molecular formula is C14H13N3O2S. The van der Waals surface area contributed by atoms with Crippen LogP contribution in [0.1, 0.15) is 26.4 Å². The van der Waals surface area contributed by atoms with E-state index in [0.717, 1.165) is 10.4 Å². The number of nitrogens with zero attached hydrogens (tertiary/aromatic N) is 1. The molecule has 0 saturated heterocycles. The number of carbonyl (C=O) groups is 1. The predicted octanol–water partition coefficient (Wildman–Crippen LogP) is 2.78. The van der Waals surface area contributed by atoms with Crippen LogP contribution in [0.2, 0.25) is 0 Å². The van der Waals surface area contributed by atoms with Crippen molar-refractivity contribution < 1.29 is 9.90 Å². The molecule has 0 radical (unpaired) electrons. The van der Waals surface area contributed by atoms with Gasteiger partial charge in [-0.1, -0.05) is 0 Å². The Morgan fingerprint density at radius 1 is 1.45 bits per heavy atom. The number of carbonyl (C=O) groups excluding carboxylic acids is 1. The number of phenolic OH excluding ortho intramolecular Hbond substituents is 1. The van der Waals surface area contributed by atoms with Crippen LogP contribution in [0.5, 0.6) is 5.75 Å². The van der Waals surface area contributed by atoms with E-state index in [1.54, 1.807) is 0 Å². The van der Waals surface area contributed by atoms with Crippen molar-refractivity contribution in [3.63, 3.8) is 0 Å². The average Bonchev–Trinajstić information content (AvgIpc) is 2.67. The van der Waals surface area contributed by atoms with E-state index in [2.05, 4.69) is 11.4 Å². The fraction of sp³-hybridized carbons (Fsp3) is 0.143. The molecule has 20 heavy (non-hydrogen) atoms. The predicted molar refractivity (Wildman–Crippen MR) is 79.0 cm³/mol. The number of aromatic hydroxyl groups is 1. The Bertz CT molecular complexity index is 729. The average molecular weight is 287 g/mol. The first-order chi connectivity index (χ1) is 9.43. The lowest BCUT2D eigenvalue weighted by molar-refractivity contribution is 0.102. The molecule has 1 aromatic carbocycles. The SMILES string of the molecule is Cc1sc(NC(=O)c2cc(O)ccc2N)c(C#N)c1C. The summed E-state index contributed by atoms with van der Waals surface area (Å²) in [5, 5.41) is 21.7. The van der Waals surface area contributed by atoms with Crippen LogP contribution in [0, 0.1) is 25.2 Å². The first-order valence-corrected chi connectivity index (χ1v) is 6.65. The standard InChI is InChI=1S/C14H13N3O2S/c1-7-8(2)20-14(11(7)6-15)17-13(19)10-5-9(18)3-4-12(10)16/h3-5,18H,16H2,1-2H3,(H,17,19). The van der Waals surface area contributed by atoms with Crippen molar-refractivity contribution in [1.82, 2.24) is 0 Å². The van der Waals surface area contributed by atoms with Gasteiger partial charge in [-0.25, -0.2) is 0 Å². The highest BCUT2D eigenvalue weighted by molar-refractivity contribution is 7.16. The van der Waals surface area contributed by atoms with Gasteiger partial charge in [0.25, 0.3) is 5.91 Å². The molecule has 6 heteroatoms. The summed E-state index contributed by atoms with van der Waals surface area (Å²) in [6, 6.07) is 6.25. The normalized spacial score (nSPS) is 10.1. The number of thiophene rings is 1. The highest BCUT2D eigenvalue weighted by atomic mass is 32.1. The minimum atomic E-state index is -0.448. The fourth-order valence-electron chi connectivity index (χ4n) is 1.76.